The van der Waals surface area contributed by atoms with Crippen molar-refractivity contribution < 1.29 is 8.42 Å². The van der Waals surface area contributed by atoms with E-state index in [9.17, 15) is 8.42 Å². The molecule has 0 aliphatic heterocycles. The van der Waals surface area contributed by atoms with Gasteiger partial charge in [0.25, 0.3) is 0 Å². The lowest BCUT2D eigenvalue weighted by molar-refractivity contribution is 0.588. The Balaban J connectivity index is 0.00000196. The van der Waals surface area contributed by atoms with E-state index in [-0.39, 0.29) is 17.3 Å². The molecule has 0 aliphatic carbocycles. The topological polar surface area (TPSA) is 72.2 Å². The molecule has 6 heteroatoms. The zero-order valence-corrected chi connectivity index (χ0v) is 10.1. The Bertz CT molecular complexity index is 389. The first-order chi connectivity index (χ1) is 6.60. The minimum absolute atomic E-state index is 0. The minimum Gasteiger partial charge on any atom is -0.330 e. The maximum atomic E-state index is 11.3. The van der Waals surface area contributed by atoms with E-state index in [1.807, 2.05) is 0 Å². The lowest BCUT2D eigenvalue weighted by atomic mass is 10.2. The third kappa shape index (κ3) is 3.79. The van der Waals surface area contributed by atoms with E-state index in [0.29, 0.717) is 6.54 Å². The molecule has 0 heterocycles. The second-order valence-corrected chi connectivity index (χ2v) is 4.78. The van der Waals surface area contributed by atoms with E-state index in [4.69, 9.17) is 5.73 Å². The van der Waals surface area contributed by atoms with Crippen molar-refractivity contribution in [1.29, 1.82) is 0 Å². The van der Waals surface area contributed by atoms with Crippen LogP contribution in [-0.2, 0) is 16.4 Å². The molecule has 15 heavy (non-hydrogen) atoms. The van der Waals surface area contributed by atoms with Crippen LogP contribution in [-0.4, -0.2) is 22.0 Å². The molecule has 1 aromatic rings. The highest BCUT2D eigenvalue weighted by atomic mass is 35.5. The fourth-order valence-corrected chi connectivity index (χ4v) is 1.85. The first-order valence-electron chi connectivity index (χ1n) is 4.32. The van der Waals surface area contributed by atoms with Crippen molar-refractivity contribution in [3.8, 4) is 0 Å². The predicted molar refractivity (Wildman–Crippen MR) is 62.7 cm³/mol. The second kappa shape index (κ2) is 6.07. The van der Waals surface area contributed by atoms with Crippen LogP contribution in [0.3, 0.4) is 0 Å². The summed E-state index contributed by atoms with van der Waals surface area (Å²) in [4.78, 5) is 0.278. The second-order valence-electron chi connectivity index (χ2n) is 2.89. The third-order valence-electron chi connectivity index (χ3n) is 1.94. The van der Waals surface area contributed by atoms with E-state index in [1.165, 1.54) is 7.05 Å². The normalized spacial score (nSPS) is 10.8. The smallest absolute Gasteiger partial charge is 0.240 e. The Morgan fingerprint density at radius 3 is 2.20 bits per heavy atom. The summed E-state index contributed by atoms with van der Waals surface area (Å²) in [7, 11) is -1.92. The average molecular weight is 251 g/mol. The Morgan fingerprint density at radius 2 is 1.80 bits per heavy atom. The zero-order chi connectivity index (χ0) is 10.6. The highest BCUT2D eigenvalue weighted by Gasteiger charge is 2.09. The Morgan fingerprint density at radius 1 is 1.27 bits per heavy atom. The maximum absolute atomic E-state index is 11.3. The number of nitrogens with two attached hydrogens (primary N) is 1. The van der Waals surface area contributed by atoms with Crippen molar-refractivity contribution in [3.05, 3.63) is 29.8 Å². The van der Waals surface area contributed by atoms with Crippen LogP contribution in [0.1, 0.15) is 5.56 Å². The summed E-state index contributed by atoms with van der Waals surface area (Å²) in [6.45, 7) is 0.568. The molecule has 0 saturated carbocycles. The van der Waals surface area contributed by atoms with Crippen LogP contribution in [0.5, 0.6) is 0 Å². The molecule has 0 unspecified atom stereocenters. The molecule has 1 rings (SSSR count). The molecule has 0 fully saturated rings. The Kier molecular flexibility index (Phi) is 5.82. The number of rotatable bonds is 4. The van der Waals surface area contributed by atoms with Crippen molar-refractivity contribution in [2.24, 2.45) is 5.73 Å². The molecule has 0 bridgehead atoms. The third-order valence-corrected chi connectivity index (χ3v) is 3.37. The van der Waals surface area contributed by atoms with Crippen molar-refractivity contribution in [1.82, 2.24) is 4.72 Å². The van der Waals surface area contributed by atoms with Crippen LogP contribution in [0, 0.1) is 0 Å². The molecule has 0 atom stereocenters. The molecular weight excluding hydrogens is 236 g/mol. The predicted octanol–water partition coefficient (Wildman–Crippen LogP) is 0.518. The van der Waals surface area contributed by atoms with Crippen molar-refractivity contribution in [2.75, 3.05) is 13.6 Å². The van der Waals surface area contributed by atoms with Crippen LogP contribution in [0.25, 0.3) is 0 Å². The van der Waals surface area contributed by atoms with Crippen molar-refractivity contribution in [2.45, 2.75) is 11.3 Å². The SMILES string of the molecule is CNS(=O)(=O)c1ccc(CCN)cc1.Cl. The molecule has 1 aromatic carbocycles. The molecule has 0 amide bonds. The summed E-state index contributed by atoms with van der Waals surface area (Å²) >= 11 is 0. The monoisotopic (exact) mass is 250 g/mol. The van der Waals surface area contributed by atoms with E-state index in [2.05, 4.69) is 4.72 Å². The van der Waals surface area contributed by atoms with Crippen LogP contribution in [0.4, 0.5) is 0 Å². The summed E-state index contributed by atoms with van der Waals surface area (Å²) in [6, 6.07) is 6.71. The van der Waals surface area contributed by atoms with E-state index in [1.54, 1.807) is 24.3 Å². The number of hydrogen-bond donors (Lipinski definition) is 2. The fourth-order valence-electron chi connectivity index (χ4n) is 1.12. The Hall–Kier alpha value is -0.620. The summed E-state index contributed by atoms with van der Waals surface area (Å²) in [5.74, 6) is 0. The van der Waals surface area contributed by atoms with Gasteiger partial charge in [0, 0.05) is 0 Å². The van der Waals surface area contributed by atoms with E-state index >= 15 is 0 Å². The standard InChI is InChI=1S/C9H14N2O2S.ClH/c1-11-14(12,13)9-4-2-8(3-5-9)6-7-10;/h2-5,11H,6-7,10H2,1H3;1H. The fraction of sp³-hybridized carbons (Fsp3) is 0.333. The minimum atomic E-state index is -3.31. The van der Waals surface area contributed by atoms with Gasteiger partial charge in [0.05, 0.1) is 4.90 Å². The van der Waals surface area contributed by atoms with Gasteiger partial charge in [0.1, 0.15) is 0 Å². The molecule has 0 aliphatic rings. The highest BCUT2D eigenvalue weighted by molar-refractivity contribution is 7.89. The van der Waals surface area contributed by atoms with Gasteiger partial charge in [0.2, 0.25) is 10.0 Å². The maximum Gasteiger partial charge on any atom is 0.240 e. The molecule has 3 N–H and O–H groups in total. The van der Waals surface area contributed by atoms with Gasteiger partial charge in [0.15, 0.2) is 0 Å². The number of hydrogen-bond acceptors (Lipinski definition) is 3. The van der Waals surface area contributed by atoms with Gasteiger partial charge in [-0.25, -0.2) is 13.1 Å². The molecule has 0 saturated heterocycles. The molecular formula is C9H15ClN2O2S. The van der Waals surface area contributed by atoms with Gasteiger partial charge in [-0.2, -0.15) is 0 Å². The van der Waals surface area contributed by atoms with Gasteiger partial charge in [-0.15, -0.1) is 12.4 Å². The Labute approximate surface area is 96.3 Å². The van der Waals surface area contributed by atoms with Crippen molar-refractivity contribution >= 4 is 22.4 Å². The number of nitrogens with one attached hydrogen (secondary N) is 1. The number of benzene rings is 1. The largest absolute Gasteiger partial charge is 0.330 e. The van der Waals surface area contributed by atoms with Gasteiger partial charge in [-0.05, 0) is 37.7 Å². The van der Waals surface area contributed by atoms with Gasteiger partial charge in [-0.1, -0.05) is 12.1 Å². The summed E-state index contributed by atoms with van der Waals surface area (Å²) in [5, 5.41) is 0. The van der Waals surface area contributed by atoms with Crippen LogP contribution >= 0.6 is 12.4 Å². The van der Waals surface area contributed by atoms with Crippen LogP contribution in [0.15, 0.2) is 29.2 Å². The molecule has 0 radical (unpaired) electrons. The molecule has 86 valence electrons. The van der Waals surface area contributed by atoms with Crippen LogP contribution < -0.4 is 10.5 Å². The number of sulfonamides is 1. The average Bonchev–Trinajstić information content (AvgIpc) is 2.19. The quantitative estimate of drug-likeness (QED) is 0.818. The molecule has 0 aromatic heterocycles. The van der Waals surface area contributed by atoms with Gasteiger partial charge < -0.3 is 5.73 Å². The summed E-state index contributed by atoms with van der Waals surface area (Å²) in [6.07, 6.45) is 0.764. The van der Waals surface area contributed by atoms with E-state index in [0.717, 1.165) is 12.0 Å². The lowest BCUT2D eigenvalue weighted by Crippen LogP contribution is -2.18. The van der Waals surface area contributed by atoms with Crippen molar-refractivity contribution in [3.63, 3.8) is 0 Å². The summed E-state index contributed by atoms with van der Waals surface area (Å²) in [5.41, 5.74) is 6.42. The van der Waals surface area contributed by atoms with Gasteiger partial charge >= 0.3 is 0 Å². The van der Waals surface area contributed by atoms with Crippen LogP contribution in [0.2, 0.25) is 0 Å². The first-order valence-corrected chi connectivity index (χ1v) is 5.81. The summed E-state index contributed by atoms with van der Waals surface area (Å²) < 4.78 is 24.9. The highest BCUT2D eigenvalue weighted by Crippen LogP contribution is 2.09. The van der Waals surface area contributed by atoms with E-state index < -0.39 is 10.0 Å². The first kappa shape index (κ1) is 14.4. The zero-order valence-electron chi connectivity index (χ0n) is 8.43. The number of halogens is 1. The van der Waals surface area contributed by atoms with Gasteiger partial charge in [-0.3, -0.25) is 0 Å². The lowest BCUT2D eigenvalue weighted by Gasteiger charge is -2.03. The molecule has 4 nitrogen and oxygen atoms in total. The molecule has 0 spiro atoms.